The molecule has 0 amide bonds. The topological polar surface area (TPSA) is 59.2 Å². The summed E-state index contributed by atoms with van der Waals surface area (Å²) in [7, 11) is 3.91. The standard InChI is InChI=1S/C27H25ClN6O/c1-31-10-12-33(13-11-31)20-6-8-24(22(28)15-20)34-26-21-14-18(19-4-3-9-29-16-19)5-7-23(21)30-17-25(26)32(2)27(34)35/h3-9,14-17H,10-13H2,1-2H3. The van der Waals surface area contributed by atoms with E-state index in [2.05, 4.69) is 38.9 Å². The van der Waals surface area contributed by atoms with E-state index in [-0.39, 0.29) is 5.69 Å². The third-order valence-corrected chi connectivity index (χ3v) is 7.22. The third-order valence-electron chi connectivity index (χ3n) is 6.92. The molecule has 0 aliphatic carbocycles. The van der Waals surface area contributed by atoms with Crippen LogP contribution < -0.4 is 10.6 Å². The second-order valence-corrected chi connectivity index (χ2v) is 9.48. The van der Waals surface area contributed by atoms with Gasteiger partial charge in [-0.25, -0.2) is 4.79 Å². The fraction of sp³-hybridized carbons (Fsp3) is 0.222. The molecular weight excluding hydrogens is 460 g/mol. The van der Waals surface area contributed by atoms with Crippen LogP contribution in [0.4, 0.5) is 5.69 Å². The lowest BCUT2D eigenvalue weighted by Crippen LogP contribution is -2.44. The number of pyridine rings is 2. The van der Waals surface area contributed by atoms with Crippen LogP contribution in [-0.4, -0.2) is 57.2 Å². The highest BCUT2D eigenvalue weighted by atomic mass is 35.5. The lowest BCUT2D eigenvalue weighted by molar-refractivity contribution is 0.313. The Morgan fingerprint density at radius 1 is 0.914 bits per heavy atom. The van der Waals surface area contributed by atoms with E-state index in [0.717, 1.165) is 64.9 Å². The van der Waals surface area contributed by atoms with Crippen molar-refractivity contribution in [2.24, 2.45) is 7.05 Å². The summed E-state index contributed by atoms with van der Waals surface area (Å²) in [6.45, 7) is 3.93. The van der Waals surface area contributed by atoms with Gasteiger partial charge in [0.2, 0.25) is 0 Å². The van der Waals surface area contributed by atoms with Gasteiger partial charge in [-0.1, -0.05) is 23.7 Å². The van der Waals surface area contributed by atoms with E-state index in [4.69, 9.17) is 11.6 Å². The van der Waals surface area contributed by atoms with E-state index in [1.54, 1.807) is 28.6 Å². The van der Waals surface area contributed by atoms with Crippen molar-refractivity contribution in [3.8, 4) is 16.8 Å². The van der Waals surface area contributed by atoms with Crippen molar-refractivity contribution in [2.45, 2.75) is 0 Å². The van der Waals surface area contributed by atoms with Crippen molar-refractivity contribution in [3.63, 3.8) is 0 Å². The number of piperazine rings is 1. The molecule has 0 saturated carbocycles. The lowest BCUT2D eigenvalue weighted by Gasteiger charge is -2.34. The van der Waals surface area contributed by atoms with Gasteiger partial charge in [0.15, 0.2) is 0 Å². The Morgan fingerprint density at radius 2 is 1.74 bits per heavy atom. The van der Waals surface area contributed by atoms with Crippen LogP contribution >= 0.6 is 11.6 Å². The Balaban J connectivity index is 1.54. The molecule has 0 atom stereocenters. The molecule has 176 valence electrons. The average molecular weight is 485 g/mol. The molecule has 8 heteroatoms. The van der Waals surface area contributed by atoms with Crippen LogP contribution in [0.2, 0.25) is 5.02 Å². The summed E-state index contributed by atoms with van der Waals surface area (Å²) in [6, 6.07) is 16.0. The molecule has 1 fully saturated rings. The number of hydrogen-bond acceptors (Lipinski definition) is 5. The van der Waals surface area contributed by atoms with Crippen LogP contribution in [0.15, 0.2) is 71.9 Å². The molecule has 1 aliphatic heterocycles. The first-order valence-corrected chi connectivity index (χ1v) is 12.0. The zero-order valence-corrected chi connectivity index (χ0v) is 20.4. The van der Waals surface area contributed by atoms with Crippen LogP contribution in [0.3, 0.4) is 0 Å². The van der Waals surface area contributed by atoms with E-state index in [9.17, 15) is 4.79 Å². The van der Waals surface area contributed by atoms with Crippen LogP contribution in [0, 0.1) is 0 Å². The van der Waals surface area contributed by atoms with Gasteiger partial charge in [0.1, 0.15) is 0 Å². The maximum absolute atomic E-state index is 13.5. The van der Waals surface area contributed by atoms with Gasteiger partial charge in [-0.05, 0) is 49.0 Å². The van der Waals surface area contributed by atoms with Crippen molar-refractivity contribution in [3.05, 3.63) is 82.6 Å². The number of likely N-dealkylation sites (N-methyl/N-ethyl adjacent to an activating group) is 1. The van der Waals surface area contributed by atoms with Gasteiger partial charge in [0, 0.05) is 62.3 Å². The molecule has 0 radical (unpaired) electrons. The monoisotopic (exact) mass is 484 g/mol. The Morgan fingerprint density at radius 3 is 2.49 bits per heavy atom. The first-order chi connectivity index (χ1) is 17.0. The number of imidazole rings is 1. The molecular formula is C27H25ClN6O. The number of aryl methyl sites for hydroxylation is 1. The molecule has 0 unspecified atom stereocenters. The highest BCUT2D eigenvalue weighted by Gasteiger charge is 2.20. The minimum Gasteiger partial charge on any atom is -0.369 e. The first kappa shape index (κ1) is 21.8. The van der Waals surface area contributed by atoms with Gasteiger partial charge in [0.25, 0.3) is 0 Å². The van der Waals surface area contributed by atoms with Crippen molar-refractivity contribution in [2.75, 3.05) is 38.1 Å². The number of benzene rings is 2. The predicted octanol–water partition coefficient (Wildman–Crippen LogP) is 4.34. The zero-order valence-electron chi connectivity index (χ0n) is 19.6. The quantitative estimate of drug-likeness (QED) is 0.381. The second-order valence-electron chi connectivity index (χ2n) is 9.07. The Labute approximate surface area is 207 Å². The Bertz CT molecular complexity index is 1620. The number of rotatable bonds is 3. The SMILES string of the molecule is CN1CCN(c2ccc(-n3c(=O)n(C)c4cnc5ccc(-c6cccnc6)cc5c43)c(Cl)c2)CC1. The summed E-state index contributed by atoms with van der Waals surface area (Å²) in [6.07, 6.45) is 5.35. The highest BCUT2D eigenvalue weighted by molar-refractivity contribution is 6.32. The van der Waals surface area contributed by atoms with Crippen molar-refractivity contribution in [1.82, 2.24) is 24.0 Å². The predicted molar refractivity (Wildman–Crippen MR) is 142 cm³/mol. The summed E-state index contributed by atoms with van der Waals surface area (Å²) in [5.74, 6) is 0. The molecule has 1 saturated heterocycles. The fourth-order valence-electron chi connectivity index (χ4n) is 4.87. The number of anilines is 1. The fourth-order valence-corrected chi connectivity index (χ4v) is 5.13. The minimum absolute atomic E-state index is 0.157. The van der Waals surface area contributed by atoms with Gasteiger partial charge in [-0.2, -0.15) is 0 Å². The number of hydrogen-bond donors (Lipinski definition) is 0. The molecule has 2 aromatic carbocycles. The zero-order chi connectivity index (χ0) is 24.1. The van der Waals surface area contributed by atoms with Gasteiger partial charge >= 0.3 is 5.69 Å². The molecule has 6 rings (SSSR count). The number of fused-ring (bicyclic) bond motifs is 3. The molecule has 1 aliphatic rings. The minimum atomic E-state index is -0.157. The molecule has 35 heavy (non-hydrogen) atoms. The normalized spacial score (nSPS) is 14.8. The summed E-state index contributed by atoms with van der Waals surface area (Å²) in [5.41, 5.74) is 5.97. The maximum Gasteiger partial charge on any atom is 0.333 e. The van der Waals surface area contributed by atoms with E-state index in [0.29, 0.717) is 10.7 Å². The van der Waals surface area contributed by atoms with Gasteiger partial charge in [-0.15, -0.1) is 0 Å². The molecule has 5 aromatic rings. The Hall–Kier alpha value is -3.68. The van der Waals surface area contributed by atoms with Crippen molar-refractivity contribution >= 4 is 39.2 Å². The van der Waals surface area contributed by atoms with Gasteiger partial charge in [-0.3, -0.25) is 19.1 Å². The lowest BCUT2D eigenvalue weighted by atomic mass is 10.0. The maximum atomic E-state index is 13.5. The van der Waals surface area contributed by atoms with E-state index in [1.165, 1.54) is 0 Å². The Kier molecular flexibility index (Phi) is 5.31. The molecule has 3 aromatic heterocycles. The summed E-state index contributed by atoms with van der Waals surface area (Å²) in [4.78, 5) is 27.0. The summed E-state index contributed by atoms with van der Waals surface area (Å²) >= 11 is 6.84. The largest absolute Gasteiger partial charge is 0.369 e. The van der Waals surface area contributed by atoms with Crippen molar-refractivity contribution in [1.29, 1.82) is 0 Å². The average Bonchev–Trinajstić information content (AvgIpc) is 3.15. The molecule has 0 N–H and O–H groups in total. The number of nitrogens with zero attached hydrogens (tertiary/aromatic N) is 6. The summed E-state index contributed by atoms with van der Waals surface area (Å²) in [5, 5.41) is 1.44. The smallest absolute Gasteiger partial charge is 0.333 e. The van der Waals surface area contributed by atoms with E-state index < -0.39 is 0 Å². The number of aromatic nitrogens is 4. The molecule has 0 bridgehead atoms. The van der Waals surface area contributed by atoms with E-state index in [1.807, 2.05) is 42.6 Å². The molecule has 4 heterocycles. The van der Waals surface area contributed by atoms with E-state index >= 15 is 0 Å². The first-order valence-electron chi connectivity index (χ1n) is 11.7. The molecule has 7 nitrogen and oxygen atoms in total. The second kappa shape index (κ2) is 8.52. The molecule has 0 spiro atoms. The van der Waals surface area contributed by atoms with Crippen LogP contribution in [0.1, 0.15) is 0 Å². The van der Waals surface area contributed by atoms with Crippen LogP contribution in [0.25, 0.3) is 38.8 Å². The highest BCUT2D eigenvalue weighted by Crippen LogP contribution is 2.32. The third kappa shape index (κ3) is 3.68. The van der Waals surface area contributed by atoms with Gasteiger partial charge in [0.05, 0.1) is 33.5 Å². The van der Waals surface area contributed by atoms with Gasteiger partial charge < -0.3 is 9.80 Å². The summed E-state index contributed by atoms with van der Waals surface area (Å²) < 4.78 is 3.34. The van der Waals surface area contributed by atoms with Crippen LogP contribution in [-0.2, 0) is 7.05 Å². The van der Waals surface area contributed by atoms with Crippen LogP contribution in [0.5, 0.6) is 0 Å². The number of halogens is 1. The van der Waals surface area contributed by atoms with Crippen molar-refractivity contribution < 1.29 is 0 Å².